The van der Waals surface area contributed by atoms with Crippen LogP contribution in [0.1, 0.15) is 36.0 Å². The number of hydrogen-bond donors (Lipinski definition) is 3. The molecule has 0 heterocycles. The van der Waals surface area contributed by atoms with Crippen LogP contribution in [0, 0.1) is 11.7 Å². The molecule has 2 amide bonds. The van der Waals surface area contributed by atoms with Gasteiger partial charge >= 0.3 is 24.7 Å². The highest BCUT2D eigenvalue weighted by Crippen LogP contribution is 2.39. The normalized spacial score (nSPS) is 18.4. The minimum atomic E-state index is -5.29. The van der Waals surface area contributed by atoms with E-state index >= 15 is 0 Å². The van der Waals surface area contributed by atoms with Gasteiger partial charge < -0.3 is 25.2 Å². The van der Waals surface area contributed by atoms with Crippen molar-refractivity contribution < 1.29 is 54.9 Å². The number of urea groups is 1. The van der Waals surface area contributed by atoms with Gasteiger partial charge in [0.05, 0.1) is 11.5 Å². The number of alkyl halides is 6. The molecule has 3 N–H and O–H groups in total. The number of nitrogens with one attached hydrogen (secondary N) is 2. The van der Waals surface area contributed by atoms with Crippen LogP contribution < -0.4 is 20.1 Å². The van der Waals surface area contributed by atoms with E-state index in [1.807, 2.05) is 0 Å². The summed E-state index contributed by atoms with van der Waals surface area (Å²) in [4.78, 5) is 25.2. The van der Waals surface area contributed by atoms with E-state index in [0.29, 0.717) is 37.0 Å². The third-order valence-electron chi connectivity index (χ3n) is 7.00. The van der Waals surface area contributed by atoms with Crippen LogP contribution in [-0.2, 0) is 16.8 Å². The van der Waals surface area contributed by atoms with Crippen molar-refractivity contribution in [2.45, 2.75) is 50.0 Å². The number of hydrogen-bond acceptors (Lipinski definition) is 4. The lowest BCUT2D eigenvalue weighted by Gasteiger charge is -2.37. The maximum absolute atomic E-state index is 14.5. The van der Waals surface area contributed by atoms with Gasteiger partial charge in [0.15, 0.2) is 11.6 Å². The first kappa shape index (κ1) is 31.4. The Kier molecular flexibility index (Phi) is 9.07. The summed E-state index contributed by atoms with van der Waals surface area (Å²) in [6, 6.07) is 13.2. The molecule has 4 rings (SSSR count). The van der Waals surface area contributed by atoms with Crippen LogP contribution in [0.2, 0.25) is 0 Å². The summed E-state index contributed by atoms with van der Waals surface area (Å²) < 4.78 is 101. The zero-order valence-corrected chi connectivity index (χ0v) is 22.1. The fourth-order valence-corrected chi connectivity index (χ4v) is 5.22. The van der Waals surface area contributed by atoms with Gasteiger partial charge in [0.1, 0.15) is 5.75 Å². The van der Waals surface area contributed by atoms with E-state index in [1.165, 1.54) is 12.1 Å². The summed E-state index contributed by atoms with van der Waals surface area (Å²) in [6.45, 7) is 0. The summed E-state index contributed by atoms with van der Waals surface area (Å²) in [7, 11) is 0. The van der Waals surface area contributed by atoms with Crippen LogP contribution in [0.25, 0.3) is 0 Å². The van der Waals surface area contributed by atoms with Crippen LogP contribution in [-0.4, -0.2) is 35.9 Å². The number of rotatable bonds is 9. The standard InChI is InChI=1S/C29H25F7N2O5/c30-22-13-12-19(15-24(22)43-29(34,35)36)27(16-17-6-2-1-3-7-17,18-8-4-9-20(14-18)42-28(31,32)33)38-26(41)37-23-11-5-10-21(23)25(39)40/h1-4,6-9,12-15,21,23H,5,10-11,16H2,(H,39,40)(H2,37,38,41). The topological polar surface area (TPSA) is 96.9 Å². The molecule has 3 aromatic rings. The Morgan fingerprint density at radius 2 is 1.51 bits per heavy atom. The molecule has 1 aliphatic carbocycles. The third-order valence-corrected chi connectivity index (χ3v) is 7.00. The third kappa shape index (κ3) is 8.08. The van der Waals surface area contributed by atoms with Gasteiger partial charge in [0.2, 0.25) is 0 Å². The van der Waals surface area contributed by atoms with E-state index in [2.05, 4.69) is 20.1 Å². The summed E-state index contributed by atoms with van der Waals surface area (Å²) >= 11 is 0. The number of carboxylic acids is 1. The molecule has 1 saturated carbocycles. The van der Waals surface area contributed by atoms with Gasteiger partial charge in [0.25, 0.3) is 0 Å². The number of halogens is 7. The Morgan fingerprint density at radius 3 is 2.16 bits per heavy atom. The number of ether oxygens (including phenoxy) is 2. The number of aliphatic carboxylic acids is 1. The molecular weight excluding hydrogens is 589 g/mol. The lowest BCUT2D eigenvalue weighted by atomic mass is 9.77. The van der Waals surface area contributed by atoms with Crippen LogP contribution in [0.5, 0.6) is 11.5 Å². The minimum Gasteiger partial charge on any atom is -0.481 e. The fourth-order valence-electron chi connectivity index (χ4n) is 5.22. The highest BCUT2D eigenvalue weighted by molar-refractivity contribution is 5.78. The Morgan fingerprint density at radius 1 is 0.837 bits per heavy atom. The molecule has 0 radical (unpaired) electrons. The van der Waals surface area contributed by atoms with Gasteiger partial charge in [-0.05, 0) is 53.8 Å². The van der Waals surface area contributed by atoms with Gasteiger partial charge in [-0.1, -0.05) is 55.0 Å². The maximum atomic E-state index is 14.5. The summed E-state index contributed by atoms with van der Waals surface area (Å²) in [5.41, 5.74) is -1.72. The number of benzene rings is 3. The van der Waals surface area contributed by atoms with Gasteiger partial charge in [0, 0.05) is 12.5 Å². The summed E-state index contributed by atoms with van der Waals surface area (Å²) in [6.07, 6.45) is -9.51. The Labute approximate surface area is 240 Å². The molecule has 0 spiro atoms. The monoisotopic (exact) mass is 614 g/mol. The maximum Gasteiger partial charge on any atom is 0.573 e. The first-order valence-corrected chi connectivity index (χ1v) is 12.9. The number of carbonyl (C=O) groups excluding carboxylic acids is 1. The second kappa shape index (κ2) is 12.4. The fraction of sp³-hybridized carbons (Fsp3) is 0.310. The van der Waals surface area contributed by atoms with Crippen molar-refractivity contribution in [3.63, 3.8) is 0 Å². The molecule has 0 aliphatic heterocycles. The molecular formula is C29H25F7N2O5. The van der Waals surface area contributed by atoms with Gasteiger partial charge in [-0.3, -0.25) is 4.79 Å². The van der Waals surface area contributed by atoms with Gasteiger partial charge in [-0.25, -0.2) is 9.18 Å². The molecule has 0 bridgehead atoms. The first-order valence-electron chi connectivity index (χ1n) is 12.9. The van der Waals surface area contributed by atoms with Crippen molar-refractivity contribution >= 4 is 12.0 Å². The van der Waals surface area contributed by atoms with Crippen LogP contribution >= 0.6 is 0 Å². The van der Waals surface area contributed by atoms with E-state index in [4.69, 9.17) is 0 Å². The molecule has 0 aromatic heterocycles. The first-order chi connectivity index (χ1) is 20.1. The second-order valence-electron chi connectivity index (χ2n) is 9.92. The van der Waals surface area contributed by atoms with Crippen molar-refractivity contribution in [2.24, 2.45) is 5.92 Å². The van der Waals surface area contributed by atoms with Gasteiger partial charge in [-0.15, -0.1) is 26.3 Å². The number of amides is 2. The van der Waals surface area contributed by atoms with E-state index < -0.39 is 59.5 Å². The van der Waals surface area contributed by atoms with E-state index in [1.54, 1.807) is 30.3 Å². The Bertz CT molecular complexity index is 1450. The number of carbonyl (C=O) groups is 2. The van der Waals surface area contributed by atoms with Gasteiger partial charge in [-0.2, -0.15) is 0 Å². The Balaban J connectivity index is 1.89. The SMILES string of the molecule is O=C(NC1CCCC1C(=O)O)NC(Cc1ccccc1)(c1cccc(OC(F)(F)F)c1)c1ccc(F)c(OC(F)(F)F)c1. The lowest BCUT2D eigenvalue weighted by molar-refractivity contribution is -0.276. The molecule has 7 nitrogen and oxygen atoms in total. The predicted octanol–water partition coefficient (Wildman–Crippen LogP) is 6.66. The minimum absolute atomic E-state index is 0.0703. The smallest absolute Gasteiger partial charge is 0.481 e. The summed E-state index contributed by atoms with van der Waals surface area (Å²) in [5, 5.41) is 14.8. The van der Waals surface area contributed by atoms with E-state index in [-0.39, 0.29) is 17.5 Å². The van der Waals surface area contributed by atoms with Crippen LogP contribution in [0.3, 0.4) is 0 Å². The molecule has 0 saturated heterocycles. The van der Waals surface area contributed by atoms with E-state index in [9.17, 15) is 45.4 Å². The second-order valence-corrected chi connectivity index (χ2v) is 9.92. The molecule has 1 aliphatic rings. The molecule has 3 aromatic carbocycles. The predicted molar refractivity (Wildman–Crippen MR) is 138 cm³/mol. The lowest BCUT2D eigenvalue weighted by Crippen LogP contribution is -2.55. The molecule has 14 heteroatoms. The quantitative estimate of drug-likeness (QED) is 0.234. The summed E-state index contributed by atoms with van der Waals surface area (Å²) in [5.74, 6) is -5.36. The Hall–Kier alpha value is -4.49. The molecule has 230 valence electrons. The van der Waals surface area contributed by atoms with Crippen molar-refractivity contribution in [1.29, 1.82) is 0 Å². The van der Waals surface area contributed by atoms with Crippen molar-refractivity contribution in [3.05, 3.63) is 95.3 Å². The van der Waals surface area contributed by atoms with Crippen LogP contribution in [0.4, 0.5) is 35.5 Å². The van der Waals surface area contributed by atoms with Crippen molar-refractivity contribution in [1.82, 2.24) is 10.6 Å². The molecule has 43 heavy (non-hydrogen) atoms. The number of carboxylic acid groups (broad SMARTS) is 1. The zero-order valence-electron chi connectivity index (χ0n) is 22.1. The average Bonchev–Trinajstić information content (AvgIpc) is 3.37. The molecule has 3 unspecified atom stereocenters. The zero-order chi connectivity index (χ0) is 31.4. The van der Waals surface area contributed by atoms with Crippen molar-refractivity contribution in [2.75, 3.05) is 0 Å². The highest BCUT2D eigenvalue weighted by atomic mass is 19.4. The molecule has 3 atom stereocenters. The van der Waals surface area contributed by atoms with E-state index in [0.717, 1.165) is 18.2 Å². The molecule has 1 fully saturated rings. The van der Waals surface area contributed by atoms with Crippen molar-refractivity contribution in [3.8, 4) is 11.5 Å². The average molecular weight is 615 g/mol. The highest BCUT2D eigenvalue weighted by Gasteiger charge is 2.41. The van der Waals surface area contributed by atoms with Crippen LogP contribution in [0.15, 0.2) is 72.8 Å². The largest absolute Gasteiger partial charge is 0.573 e.